The lowest BCUT2D eigenvalue weighted by Gasteiger charge is -2.23. The van der Waals surface area contributed by atoms with Crippen LogP contribution in [0.25, 0.3) is 11.4 Å². The molecule has 0 bridgehead atoms. The Kier molecular flexibility index (Phi) is 3.41. The molecule has 0 aliphatic heterocycles. The van der Waals surface area contributed by atoms with Gasteiger partial charge in [-0.25, -0.2) is 0 Å². The van der Waals surface area contributed by atoms with Gasteiger partial charge in [0.25, 0.3) is 0 Å². The number of halogens is 1. The van der Waals surface area contributed by atoms with Crippen molar-refractivity contribution in [2.45, 2.75) is 26.8 Å². The molecule has 2 N–H and O–H groups in total. The Morgan fingerprint density at radius 1 is 1.33 bits per heavy atom. The highest BCUT2D eigenvalue weighted by Crippen LogP contribution is 2.30. The molecule has 0 saturated heterocycles. The summed E-state index contributed by atoms with van der Waals surface area (Å²) in [6.45, 7) is 6.09. The van der Waals surface area contributed by atoms with Crippen molar-refractivity contribution in [3.63, 3.8) is 0 Å². The van der Waals surface area contributed by atoms with Crippen molar-refractivity contribution in [1.29, 1.82) is 0 Å². The molecule has 0 aliphatic rings. The topological polar surface area (TPSA) is 64.9 Å². The van der Waals surface area contributed by atoms with E-state index < -0.39 is 0 Å². The van der Waals surface area contributed by atoms with Crippen molar-refractivity contribution in [3.05, 3.63) is 35.2 Å². The van der Waals surface area contributed by atoms with Crippen LogP contribution in [0.5, 0.6) is 0 Å². The largest absolute Gasteiger partial charge is 0.337 e. The SMILES string of the molecule is CC(C)(C)[C@H](N)c1nc(-c2cccc(Cl)c2)no1. The van der Waals surface area contributed by atoms with E-state index in [1.165, 1.54) is 0 Å². The van der Waals surface area contributed by atoms with Crippen LogP contribution in [0.2, 0.25) is 5.02 Å². The maximum Gasteiger partial charge on any atom is 0.244 e. The second-order valence-corrected chi connectivity index (χ2v) is 5.75. The number of rotatable bonds is 2. The van der Waals surface area contributed by atoms with Gasteiger partial charge in [0, 0.05) is 10.6 Å². The molecule has 0 amide bonds. The lowest BCUT2D eigenvalue weighted by molar-refractivity contribution is 0.253. The number of nitrogens with two attached hydrogens (primary N) is 1. The van der Waals surface area contributed by atoms with E-state index in [1.807, 2.05) is 32.9 Å². The number of hydrogen-bond acceptors (Lipinski definition) is 4. The summed E-state index contributed by atoms with van der Waals surface area (Å²) in [5.41, 5.74) is 6.76. The highest BCUT2D eigenvalue weighted by molar-refractivity contribution is 6.30. The molecule has 0 radical (unpaired) electrons. The lowest BCUT2D eigenvalue weighted by Crippen LogP contribution is -2.26. The molecule has 2 rings (SSSR count). The molecular formula is C13H16ClN3O. The molecule has 1 aromatic carbocycles. The van der Waals surface area contributed by atoms with Gasteiger partial charge in [0.2, 0.25) is 11.7 Å². The third kappa shape index (κ3) is 2.71. The Morgan fingerprint density at radius 3 is 2.67 bits per heavy atom. The van der Waals surface area contributed by atoms with E-state index in [-0.39, 0.29) is 11.5 Å². The summed E-state index contributed by atoms with van der Waals surface area (Å²) < 4.78 is 5.22. The Bertz CT molecular complexity index is 545. The minimum atomic E-state index is -0.294. The van der Waals surface area contributed by atoms with Crippen LogP contribution in [0.4, 0.5) is 0 Å². The van der Waals surface area contributed by atoms with E-state index in [4.69, 9.17) is 21.9 Å². The van der Waals surface area contributed by atoms with Gasteiger partial charge >= 0.3 is 0 Å². The fraction of sp³-hybridized carbons (Fsp3) is 0.385. The molecule has 0 saturated carbocycles. The van der Waals surface area contributed by atoms with Crippen LogP contribution in [0.1, 0.15) is 32.7 Å². The standard InChI is InChI=1S/C13H16ClN3O/c1-13(2,3)10(15)12-16-11(17-18-12)8-5-4-6-9(14)7-8/h4-7,10H,15H2,1-3H3/t10-/m1/s1. The van der Waals surface area contributed by atoms with Crippen molar-refractivity contribution >= 4 is 11.6 Å². The van der Waals surface area contributed by atoms with E-state index in [1.54, 1.807) is 12.1 Å². The second-order valence-electron chi connectivity index (χ2n) is 5.31. The average molecular weight is 266 g/mol. The Balaban J connectivity index is 2.31. The summed E-state index contributed by atoms with van der Waals surface area (Å²) in [4.78, 5) is 4.33. The first kappa shape index (κ1) is 13.1. The maximum atomic E-state index is 6.07. The molecule has 2 aromatic rings. The molecule has 5 heteroatoms. The van der Waals surface area contributed by atoms with Gasteiger partial charge in [-0.3, -0.25) is 0 Å². The summed E-state index contributed by atoms with van der Waals surface area (Å²) in [7, 11) is 0. The molecule has 0 spiro atoms. The van der Waals surface area contributed by atoms with Crippen LogP contribution < -0.4 is 5.73 Å². The monoisotopic (exact) mass is 265 g/mol. The predicted octanol–water partition coefficient (Wildman–Crippen LogP) is 3.44. The number of benzene rings is 1. The molecule has 1 heterocycles. The Hall–Kier alpha value is -1.39. The third-order valence-corrected chi connectivity index (χ3v) is 2.96. The molecule has 4 nitrogen and oxygen atoms in total. The van der Waals surface area contributed by atoms with Crippen molar-refractivity contribution in [3.8, 4) is 11.4 Å². The highest BCUT2D eigenvalue weighted by atomic mass is 35.5. The first-order valence-corrected chi connectivity index (χ1v) is 6.11. The van der Waals surface area contributed by atoms with Gasteiger partial charge in [0.15, 0.2) is 0 Å². The first-order valence-electron chi connectivity index (χ1n) is 5.73. The number of nitrogens with zero attached hydrogens (tertiary/aromatic N) is 2. The zero-order chi connectivity index (χ0) is 13.3. The average Bonchev–Trinajstić information content (AvgIpc) is 2.75. The minimum Gasteiger partial charge on any atom is -0.337 e. The van der Waals surface area contributed by atoms with Gasteiger partial charge in [-0.1, -0.05) is 49.7 Å². The van der Waals surface area contributed by atoms with Crippen molar-refractivity contribution < 1.29 is 4.52 Å². The normalized spacial score (nSPS) is 13.6. The van der Waals surface area contributed by atoms with Crippen LogP contribution in [0.15, 0.2) is 28.8 Å². The van der Waals surface area contributed by atoms with Gasteiger partial charge in [-0.15, -0.1) is 0 Å². The smallest absolute Gasteiger partial charge is 0.244 e. The first-order chi connectivity index (χ1) is 8.38. The number of hydrogen-bond donors (Lipinski definition) is 1. The van der Waals surface area contributed by atoms with Crippen LogP contribution in [0.3, 0.4) is 0 Å². The van der Waals surface area contributed by atoms with Crippen LogP contribution in [0, 0.1) is 5.41 Å². The third-order valence-electron chi connectivity index (χ3n) is 2.72. The summed E-state index contributed by atoms with van der Waals surface area (Å²) >= 11 is 5.93. The molecular weight excluding hydrogens is 250 g/mol. The maximum absolute atomic E-state index is 6.07. The van der Waals surface area contributed by atoms with E-state index in [9.17, 15) is 0 Å². The van der Waals surface area contributed by atoms with Gasteiger partial charge in [-0.05, 0) is 17.5 Å². The summed E-state index contributed by atoms with van der Waals surface area (Å²) in [5.74, 6) is 0.949. The molecule has 0 fully saturated rings. The van der Waals surface area contributed by atoms with Crippen LogP contribution in [-0.2, 0) is 0 Å². The lowest BCUT2D eigenvalue weighted by atomic mass is 9.87. The van der Waals surface area contributed by atoms with Gasteiger partial charge in [-0.2, -0.15) is 4.98 Å². The van der Waals surface area contributed by atoms with Gasteiger partial charge in [0.1, 0.15) is 0 Å². The van der Waals surface area contributed by atoms with E-state index in [0.717, 1.165) is 5.56 Å². The van der Waals surface area contributed by atoms with Crippen LogP contribution in [-0.4, -0.2) is 10.1 Å². The summed E-state index contributed by atoms with van der Waals surface area (Å²) in [6, 6.07) is 7.02. The molecule has 18 heavy (non-hydrogen) atoms. The fourth-order valence-electron chi connectivity index (χ4n) is 1.48. The van der Waals surface area contributed by atoms with Crippen molar-refractivity contribution in [2.75, 3.05) is 0 Å². The van der Waals surface area contributed by atoms with E-state index in [2.05, 4.69) is 10.1 Å². The molecule has 96 valence electrons. The molecule has 0 unspecified atom stereocenters. The predicted molar refractivity (Wildman–Crippen MR) is 71.1 cm³/mol. The zero-order valence-corrected chi connectivity index (χ0v) is 11.4. The minimum absolute atomic E-state index is 0.127. The van der Waals surface area contributed by atoms with E-state index in [0.29, 0.717) is 16.7 Å². The zero-order valence-electron chi connectivity index (χ0n) is 10.6. The van der Waals surface area contributed by atoms with Crippen molar-refractivity contribution in [1.82, 2.24) is 10.1 Å². The summed E-state index contributed by atoms with van der Waals surface area (Å²) in [6.07, 6.45) is 0. The Morgan fingerprint density at radius 2 is 2.06 bits per heavy atom. The molecule has 0 aliphatic carbocycles. The molecule has 1 atom stereocenters. The summed E-state index contributed by atoms with van der Waals surface area (Å²) in [5, 5.41) is 4.58. The van der Waals surface area contributed by atoms with Crippen LogP contribution >= 0.6 is 11.6 Å². The van der Waals surface area contributed by atoms with Gasteiger partial charge < -0.3 is 10.3 Å². The number of aromatic nitrogens is 2. The van der Waals surface area contributed by atoms with E-state index >= 15 is 0 Å². The van der Waals surface area contributed by atoms with Crippen molar-refractivity contribution in [2.24, 2.45) is 11.1 Å². The molecule has 1 aromatic heterocycles. The fourth-order valence-corrected chi connectivity index (χ4v) is 1.67. The Labute approximate surface area is 111 Å². The quantitative estimate of drug-likeness (QED) is 0.903. The van der Waals surface area contributed by atoms with Gasteiger partial charge in [0.05, 0.1) is 6.04 Å². The highest BCUT2D eigenvalue weighted by Gasteiger charge is 2.27. The second kappa shape index (κ2) is 4.71.